The van der Waals surface area contributed by atoms with Crippen LogP contribution in [0.2, 0.25) is 0 Å². The summed E-state index contributed by atoms with van der Waals surface area (Å²) in [6.45, 7) is 5.00. The van der Waals surface area contributed by atoms with Gasteiger partial charge in [-0.3, -0.25) is 9.69 Å². The number of likely N-dealkylation sites (tertiary alicyclic amines) is 1. The lowest BCUT2D eigenvalue weighted by Crippen LogP contribution is -2.38. The number of carbonyl (C=O) groups excluding carboxylic acids is 1. The Balaban J connectivity index is 1.93. The molecule has 5 nitrogen and oxygen atoms in total. The lowest BCUT2D eigenvalue weighted by atomic mass is 9.98. The fraction of sp³-hybridized carbons (Fsp3) is 0.600. The zero-order chi connectivity index (χ0) is 14.4. The highest BCUT2D eigenvalue weighted by atomic mass is 16.5. The van der Waals surface area contributed by atoms with Crippen LogP contribution in [0.1, 0.15) is 25.3 Å². The van der Waals surface area contributed by atoms with Crippen LogP contribution in [0.4, 0.5) is 5.82 Å². The van der Waals surface area contributed by atoms with Gasteiger partial charge in [-0.1, -0.05) is 0 Å². The Hall–Kier alpha value is -1.62. The molecule has 0 aliphatic carbocycles. The number of hydrogen-bond donors (Lipinski definition) is 1. The first kappa shape index (κ1) is 14.8. The predicted molar refractivity (Wildman–Crippen MR) is 78.4 cm³/mol. The summed E-state index contributed by atoms with van der Waals surface area (Å²) < 4.78 is 5.13. The number of pyridine rings is 1. The molecule has 1 aliphatic rings. The Labute approximate surface area is 120 Å². The zero-order valence-corrected chi connectivity index (χ0v) is 12.3. The quantitative estimate of drug-likeness (QED) is 0.833. The maximum atomic E-state index is 11.8. The molecule has 110 valence electrons. The number of nitrogens with one attached hydrogen (secondary N) is 1. The highest BCUT2D eigenvalue weighted by Gasteiger charge is 2.26. The van der Waals surface area contributed by atoms with E-state index in [1.54, 1.807) is 0 Å². The van der Waals surface area contributed by atoms with Gasteiger partial charge in [-0.05, 0) is 44.0 Å². The van der Waals surface area contributed by atoms with Crippen molar-refractivity contribution in [1.82, 2.24) is 9.88 Å². The van der Waals surface area contributed by atoms with Gasteiger partial charge in [0.25, 0.3) is 0 Å². The van der Waals surface area contributed by atoms with Crippen LogP contribution in [0.25, 0.3) is 0 Å². The normalized spacial score (nSPS) is 19.6. The minimum atomic E-state index is -0.0529. The lowest BCUT2D eigenvalue weighted by molar-refractivity contribution is -0.150. The molecule has 0 amide bonds. The van der Waals surface area contributed by atoms with E-state index in [0.29, 0.717) is 6.61 Å². The number of ether oxygens (including phenoxy) is 1. The van der Waals surface area contributed by atoms with E-state index in [1.165, 1.54) is 5.56 Å². The number of hydrogen-bond acceptors (Lipinski definition) is 5. The molecule has 1 aromatic heterocycles. The molecule has 5 heteroatoms. The van der Waals surface area contributed by atoms with Gasteiger partial charge in [0.15, 0.2) is 0 Å². The van der Waals surface area contributed by atoms with Crippen molar-refractivity contribution < 1.29 is 9.53 Å². The first-order valence-electron chi connectivity index (χ1n) is 7.24. The van der Waals surface area contributed by atoms with Crippen LogP contribution in [0.15, 0.2) is 18.3 Å². The number of carbonyl (C=O) groups is 1. The van der Waals surface area contributed by atoms with Gasteiger partial charge in [-0.15, -0.1) is 0 Å². The van der Waals surface area contributed by atoms with E-state index in [0.717, 1.165) is 38.3 Å². The van der Waals surface area contributed by atoms with Gasteiger partial charge in [0.05, 0.1) is 12.5 Å². The van der Waals surface area contributed by atoms with E-state index in [-0.39, 0.29) is 11.9 Å². The Morgan fingerprint density at radius 3 is 3.20 bits per heavy atom. The maximum Gasteiger partial charge on any atom is 0.310 e. The molecule has 1 N–H and O–H groups in total. The molecule has 0 spiro atoms. The van der Waals surface area contributed by atoms with Crippen LogP contribution in [0.5, 0.6) is 0 Å². The van der Waals surface area contributed by atoms with Gasteiger partial charge in [-0.2, -0.15) is 0 Å². The molecule has 1 aromatic rings. The number of nitrogens with zero attached hydrogens (tertiary/aromatic N) is 2. The molecule has 1 aliphatic heterocycles. The van der Waals surface area contributed by atoms with Gasteiger partial charge in [0.1, 0.15) is 5.82 Å². The topological polar surface area (TPSA) is 54.5 Å². The molecule has 0 saturated carbocycles. The fourth-order valence-corrected chi connectivity index (χ4v) is 2.62. The third-order valence-corrected chi connectivity index (χ3v) is 3.61. The van der Waals surface area contributed by atoms with Gasteiger partial charge in [0.2, 0.25) is 0 Å². The second kappa shape index (κ2) is 7.24. The molecular formula is C15H23N3O2. The van der Waals surface area contributed by atoms with Gasteiger partial charge < -0.3 is 10.1 Å². The van der Waals surface area contributed by atoms with E-state index < -0.39 is 0 Å². The van der Waals surface area contributed by atoms with E-state index in [2.05, 4.69) is 15.2 Å². The summed E-state index contributed by atoms with van der Waals surface area (Å²) in [6.07, 6.45) is 3.80. The second-order valence-corrected chi connectivity index (χ2v) is 5.13. The molecular weight excluding hydrogens is 254 g/mol. The number of aromatic nitrogens is 1. The molecule has 1 atom stereocenters. The third kappa shape index (κ3) is 3.93. The monoisotopic (exact) mass is 277 g/mol. The summed E-state index contributed by atoms with van der Waals surface area (Å²) in [6, 6.07) is 4.07. The average molecular weight is 277 g/mol. The summed E-state index contributed by atoms with van der Waals surface area (Å²) in [5.41, 5.74) is 1.22. The Bertz CT molecular complexity index is 450. The van der Waals surface area contributed by atoms with Gasteiger partial charge >= 0.3 is 5.97 Å². The summed E-state index contributed by atoms with van der Waals surface area (Å²) in [5.74, 6) is 0.846. The predicted octanol–water partition coefficient (Wildman–Crippen LogP) is 1.90. The number of piperidine rings is 1. The van der Waals surface area contributed by atoms with Crippen molar-refractivity contribution in [2.75, 3.05) is 32.1 Å². The van der Waals surface area contributed by atoms with Crippen molar-refractivity contribution in [2.24, 2.45) is 5.92 Å². The van der Waals surface area contributed by atoms with Gasteiger partial charge in [0, 0.05) is 26.3 Å². The third-order valence-electron chi connectivity index (χ3n) is 3.61. The molecule has 0 bridgehead atoms. The largest absolute Gasteiger partial charge is 0.466 e. The average Bonchev–Trinajstić information content (AvgIpc) is 2.48. The first-order valence-corrected chi connectivity index (χ1v) is 7.24. The van der Waals surface area contributed by atoms with Crippen LogP contribution in [0.3, 0.4) is 0 Å². The van der Waals surface area contributed by atoms with Crippen LogP contribution < -0.4 is 5.32 Å². The van der Waals surface area contributed by atoms with Crippen LogP contribution in [-0.2, 0) is 16.1 Å². The SMILES string of the molecule is CCOC(=O)C1CCCN(Cc2ccnc(NC)c2)C1. The van der Waals surface area contributed by atoms with Crippen molar-refractivity contribution >= 4 is 11.8 Å². The van der Waals surface area contributed by atoms with E-state index in [4.69, 9.17) is 4.74 Å². The summed E-state index contributed by atoms with van der Waals surface area (Å²) in [4.78, 5) is 18.4. The molecule has 0 aromatic carbocycles. The summed E-state index contributed by atoms with van der Waals surface area (Å²) in [7, 11) is 1.86. The zero-order valence-electron chi connectivity index (χ0n) is 12.3. The fourth-order valence-electron chi connectivity index (χ4n) is 2.62. The molecule has 20 heavy (non-hydrogen) atoms. The van der Waals surface area contributed by atoms with Crippen molar-refractivity contribution in [3.8, 4) is 0 Å². The second-order valence-electron chi connectivity index (χ2n) is 5.13. The number of anilines is 1. The summed E-state index contributed by atoms with van der Waals surface area (Å²) in [5, 5.41) is 3.04. The molecule has 1 unspecified atom stereocenters. The van der Waals surface area contributed by atoms with E-state index in [1.807, 2.05) is 32.3 Å². The minimum absolute atomic E-state index is 0.0225. The number of rotatable bonds is 5. The van der Waals surface area contributed by atoms with E-state index >= 15 is 0 Å². The highest BCUT2D eigenvalue weighted by Crippen LogP contribution is 2.20. The number of esters is 1. The smallest absolute Gasteiger partial charge is 0.310 e. The summed E-state index contributed by atoms with van der Waals surface area (Å²) >= 11 is 0. The molecule has 2 rings (SSSR count). The van der Waals surface area contributed by atoms with Gasteiger partial charge in [-0.25, -0.2) is 4.98 Å². The molecule has 1 saturated heterocycles. The maximum absolute atomic E-state index is 11.8. The molecule has 0 radical (unpaired) electrons. The standard InChI is InChI=1S/C15H23N3O2/c1-3-20-15(19)13-5-4-8-18(11-13)10-12-6-7-17-14(9-12)16-2/h6-7,9,13H,3-5,8,10-11H2,1-2H3,(H,16,17). The molecule has 1 fully saturated rings. The Morgan fingerprint density at radius 2 is 2.45 bits per heavy atom. The minimum Gasteiger partial charge on any atom is -0.466 e. The Morgan fingerprint density at radius 1 is 1.60 bits per heavy atom. The van der Waals surface area contributed by atoms with Crippen LogP contribution in [0, 0.1) is 5.92 Å². The lowest BCUT2D eigenvalue weighted by Gasteiger charge is -2.31. The van der Waals surface area contributed by atoms with Crippen LogP contribution in [-0.4, -0.2) is 42.6 Å². The Kier molecular flexibility index (Phi) is 5.35. The molecule has 2 heterocycles. The van der Waals surface area contributed by atoms with Crippen molar-refractivity contribution in [1.29, 1.82) is 0 Å². The van der Waals surface area contributed by atoms with Crippen molar-refractivity contribution in [2.45, 2.75) is 26.3 Å². The van der Waals surface area contributed by atoms with Crippen molar-refractivity contribution in [3.05, 3.63) is 23.9 Å². The highest BCUT2D eigenvalue weighted by molar-refractivity contribution is 5.72. The van der Waals surface area contributed by atoms with E-state index in [9.17, 15) is 4.79 Å². The van der Waals surface area contributed by atoms with Crippen molar-refractivity contribution in [3.63, 3.8) is 0 Å². The van der Waals surface area contributed by atoms with Crippen LogP contribution >= 0.6 is 0 Å². The first-order chi connectivity index (χ1) is 9.72.